The molecule has 6 rings (SSSR count). The van der Waals surface area contributed by atoms with Crippen molar-refractivity contribution >= 4 is 34.2 Å². The molecule has 41 heavy (non-hydrogen) atoms. The summed E-state index contributed by atoms with van der Waals surface area (Å²) in [7, 11) is 1.92. The first-order valence-electron chi connectivity index (χ1n) is 14.3. The van der Waals surface area contributed by atoms with Gasteiger partial charge in [0.15, 0.2) is 0 Å². The highest BCUT2D eigenvalue weighted by Gasteiger charge is 2.24. The van der Waals surface area contributed by atoms with Crippen LogP contribution in [0.5, 0.6) is 5.75 Å². The highest BCUT2D eigenvalue weighted by Crippen LogP contribution is 2.32. The summed E-state index contributed by atoms with van der Waals surface area (Å²) in [6.07, 6.45) is 7.84. The van der Waals surface area contributed by atoms with Gasteiger partial charge in [-0.3, -0.25) is 14.3 Å². The number of primary amides is 1. The van der Waals surface area contributed by atoms with Gasteiger partial charge in [-0.25, -0.2) is 0 Å². The molecular weight excluding hydrogens is 536 g/mol. The maximum Gasteiger partial charge on any atom is 0.289 e. The van der Waals surface area contributed by atoms with Gasteiger partial charge in [0.1, 0.15) is 5.75 Å². The van der Waals surface area contributed by atoms with Crippen molar-refractivity contribution in [3.05, 3.63) is 82.5 Å². The fourth-order valence-corrected chi connectivity index (χ4v) is 5.50. The van der Waals surface area contributed by atoms with Gasteiger partial charge in [-0.1, -0.05) is 48.0 Å². The van der Waals surface area contributed by atoms with Crippen LogP contribution in [0.3, 0.4) is 0 Å². The topological polar surface area (TPSA) is 90.4 Å². The number of fused-ring (bicyclic) bond motifs is 1. The number of aryl methyl sites for hydroxylation is 3. The van der Waals surface area contributed by atoms with E-state index in [1.165, 1.54) is 57.3 Å². The Bertz CT molecular complexity index is 1540. The molecule has 0 spiro atoms. The van der Waals surface area contributed by atoms with Crippen LogP contribution in [0.25, 0.3) is 22.0 Å². The van der Waals surface area contributed by atoms with Gasteiger partial charge in [-0.15, -0.1) is 0 Å². The minimum absolute atomic E-state index is 0.301. The van der Waals surface area contributed by atoms with Crippen molar-refractivity contribution in [3.8, 4) is 16.9 Å². The molecule has 0 atom stereocenters. The zero-order valence-corrected chi connectivity index (χ0v) is 24.5. The molecule has 1 amide bonds. The minimum atomic E-state index is -0.944. The fraction of sp³-hybridized carbons (Fsp3) is 0.364. The number of hydrogen-bond donors (Lipinski definition) is 1. The summed E-state index contributed by atoms with van der Waals surface area (Å²) in [4.78, 5) is 25.0. The summed E-state index contributed by atoms with van der Waals surface area (Å²) in [6, 6.07) is 19.2. The van der Waals surface area contributed by atoms with E-state index in [9.17, 15) is 9.59 Å². The molecule has 2 fully saturated rings. The smallest absolute Gasteiger partial charge is 0.289 e. The van der Waals surface area contributed by atoms with Crippen LogP contribution >= 0.6 is 11.6 Å². The minimum Gasteiger partial charge on any atom is -0.489 e. The molecule has 1 aromatic heterocycles. The van der Waals surface area contributed by atoms with Crippen molar-refractivity contribution < 1.29 is 14.3 Å². The van der Waals surface area contributed by atoms with E-state index in [2.05, 4.69) is 28.2 Å². The van der Waals surface area contributed by atoms with Crippen LogP contribution in [0, 0.1) is 6.92 Å². The van der Waals surface area contributed by atoms with Gasteiger partial charge < -0.3 is 15.4 Å². The Labute approximate surface area is 246 Å². The molecule has 4 aromatic rings. The summed E-state index contributed by atoms with van der Waals surface area (Å²) in [5.74, 6) is -0.766. The molecule has 0 bridgehead atoms. The molecule has 7 nitrogen and oxygen atoms in total. The van der Waals surface area contributed by atoms with Gasteiger partial charge in [0.2, 0.25) is 5.78 Å². The lowest BCUT2D eigenvalue weighted by molar-refractivity contribution is -0.114. The number of nitrogens with two attached hydrogens (primary N) is 1. The molecule has 3 aromatic carbocycles. The van der Waals surface area contributed by atoms with E-state index in [0.717, 1.165) is 44.9 Å². The average molecular weight is 573 g/mol. The van der Waals surface area contributed by atoms with Gasteiger partial charge in [-0.2, -0.15) is 5.10 Å². The Kier molecular flexibility index (Phi) is 9.06. The number of aromatic nitrogens is 2. The molecule has 1 aliphatic carbocycles. The Morgan fingerprint density at radius 3 is 2.37 bits per heavy atom. The highest BCUT2D eigenvalue weighted by atomic mass is 35.5. The van der Waals surface area contributed by atoms with E-state index < -0.39 is 11.7 Å². The lowest BCUT2D eigenvalue weighted by Crippen LogP contribution is -2.22. The second kappa shape index (κ2) is 12.9. The van der Waals surface area contributed by atoms with Crippen molar-refractivity contribution in [2.45, 2.75) is 51.6 Å². The zero-order valence-electron chi connectivity index (χ0n) is 23.7. The molecule has 0 unspecified atom stereocenters. The standard InChI is InChI=1S/C17H15N3O2.C16H22ClNO/c1-10-14-9-13(7-8-15(14)20(2)19-10)11-3-5-12(6-4-11)16(21)17(18)22;17-15-12-13(4-3-11-18-9-1-2-10-18)5-8-16(15)19-14-6-7-14/h3-9H,1-2H3,(H2,18,22);5,8,12,14H,1-4,6-7,9-11H2. The van der Waals surface area contributed by atoms with Crippen LogP contribution in [-0.2, 0) is 18.3 Å². The normalized spacial score (nSPS) is 15.0. The number of likely N-dealkylation sites (tertiary alicyclic amines) is 1. The van der Waals surface area contributed by atoms with Gasteiger partial charge >= 0.3 is 0 Å². The fourth-order valence-electron chi connectivity index (χ4n) is 5.25. The third kappa shape index (κ3) is 7.34. The summed E-state index contributed by atoms with van der Waals surface area (Å²) < 4.78 is 7.61. The molecule has 2 heterocycles. The van der Waals surface area contributed by atoms with Crippen molar-refractivity contribution in [2.24, 2.45) is 12.8 Å². The molecule has 8 heteroatoms. The lowest BCUT2D eigenvalue weighted by Gasteiger charge is -2.14. The maximum atomic E-state index is 11.5. The first-order valence-corrected chi connectivity index (χ1v) is 14.7. The van der Waals surface area contributed by atoms with E-state index in [4.69, 9.17) is 22.1 Å². The molecule has 1 aliphatic heterocycles. The number of amides is 1. The van der Waals surface area contributed by atoms with E-state index in [-0.39, 0.29) is 0 Å². The number of nitrogens with zero attached hydrogens (tertiary/aromatic N) is 3. The zero-order chi connectivity index (χ0) is 28.9. The molecule has 1 saturated heterocycles. The summed E-state index contributed by atoms with van der Waals surface area (Å²) in [6.45, 7) is 5.77. The van der Waals surface area contributed by atoms with Gasteiger partial charge in [-0.05, 0) is 106 Å². The molecule has 2 N–H and O–H groups in total. The number of rotatable bonds is 9. The van der Waals surface area contributed by atoms with E-state index >= 15 is 0 Å². The van der Waals surface area contributed by atoms with Gasteiger partial charge in [0.05, 0.1) is 22.3 Å². The highest BCUT2D eigenvalue weighted by molar-refractivity contribution is 6.42. The van der Waals surface area contributed by atoms with Crippen molar-refractivity contribution in [3.63, 3.8) is 0 Å². The molecule has 2 aliphatic rings. The SMILES string of the molecule is Cc1nn(C)c2ccc(-c3ccc(C(=O)C(N)=O)cc3)cc12.Clc1cc(CCCN2CCCC2)ccc1OC1CC1. The van der Waals surface area contributed by atoms with Crippen LogP contribution in [0.1, 0.15) is 53.7 Å². The van der Waals surface area contributed by atoms with Crippen LogP contribution in [0.4, 0.5) is 0 Å². The molecule has 1 saturated carbocycles. The van der Waals surface area contributed by atoms with Crippen molar-refractivity contribution in [2.75, 3.05) is 19.6 Å². The Morgan fingerprint density at radius 1 is 1.00 bits per heavy atom. The van der Waals surface area contributed by atoms with Crippen molar-refractivity contribution in [1.82, 2.24) is 14.7 Å². The number of ketones is 1. The first kappa shape index (κ1) is 28.8. The molecular formula is C33H37ClN4O3. The van der Waals surface area contributed by atoms with Gasteiger partial charge in [0, 0.05) is 18.0 Å². The quantitative estimate of drug-likeness (QED) is 0.192. The van der Waals surface area contributed by atoms with Crippen LogP contribution in [-0.4, -0.2) is 52.1 Å². The Balaban J connectivity index is 0.000000166. The number of ether oxygens (including phenoxy) is 1. The third-order valence-electron chi connectivity index (χ3n) is 7.69. The second-order valence-electron chi connectivity index (χ2n) is 10.9. The lowest BCUT2D eigenvalue weighted by atomic mass is 10.0. The van der Waals surface area contributed by atoms with E-state index in [0.29, 0.717) is 11.7 Å². The Hall–Kier alpha value is -3.68. The van der Waals surface area contributed by atoms with E-state index in [1.54, 1.807) is 12.1 Å². The van der Waals surface area contributed by atoms with Crippen LogP contribution < -0.4 is 10.5 Å². The van der Waals surface area contributed by atoms with E-state index in [1.807, 2.05) is 49.0 Å². The molecule has 0 radical (unpaired) electrons. The predicted octanol–water partition coefficient (Wildman–Crippen LogP) is 6.13. The number of hydrogen-bond acceptors (Lipinski definition) is 5. The number of carbonyl (C=O) groups excluding carboxylic acids is 2. The summed E-state index contributed by atoms with van der Waals surface area (Å²) in [5.41, 5.74) is 10.7. The van der Waals surface area contributed by atoms with Crippen molar-refractivity contribution in [1.29, 1.82) is 0 Å². The average Bonchev–Trinajstić information content (AvgIpc) is 3.55. The first-order chi connectivity index (χ1) is 19.8. The maximum absolute atomic E-state index is 11.5. The van der Waals surface area contributed by atoms with Crippen LogP contribution in [0.15, 0.2) is 60.7 Å². The Morgan fingerprint density at radius 2 is 1.71 bits per heavy atom. The van der Waals surface area contributed by atoms with Crippen LogP contribution in [0.2, 0.25) is 5.02 Å². The number of carbonyl (C=O) groups is 2. The monoisotopic (exact) mass is 572 g/mol. The summed E-state index contributed by atoms with van der Waals surface area (Å²) in [5, 5.41) is 6.27. The number of Topliss-reactive ketones (excluding diaryl/α,β-unsaturated/α-hetero) is 1. The second-order valence-corrected chi connectivity index (χ2v) is 11.4. The number of benzene rings is 3. The summed E-state index contributed by atoms with van der Waals surface area (Å²) >= 11 is 6.27. The predicted molar refractivity (Wildman–Crippen MR) is 164 cm³/mol. The number of halogens is 1. The third-order valence-corrected chi connectivity index (χ3v) is 7.99. The largest absolute Gasteiger partial charge is 0.489 e. The van der Waals surface area contributed by atoms with Gasteiger partial charge in [0.25, 0.3) is 5.91 Å². The molecule has 214 valence electrons.